The van der Waals surface area contributed by atoms with Crippen LogP contribution in [0.4, 0.5) is 0 Å². The number of nitrogens with zero attached hydrogens (tertiary/aromatic N) is 2. The van der Waals surface area contributed by atoms with E-state index in [-0.39, 0.29) is 5.91 Å². The summed E-state index contributed by atoms with van der Waals surface area (Å²) >= 11 is 0. The maximum atomic E-state index is 11.9. The van der Waals surface area contributed by atoms with Gasteiger partial charge in [0.05, 0.1) is 25.0 Å². The summed E-state index contributed by atoms with van der Waals surface area (Å²) in [5, 5.41) is 2.91. The number of benzene rings is 1. The van der Waals surface area contributed by atoms with E-state index in [1.807, 2.05) is 49.0 Å². The summed E-state index contributed by atoms with van der Waals surface area (Å²) in [7, 11) is 1.93. The molecule has 0 radical (unpaired) electrons. The fourth-order valence-corrected chi connectivity index (χ4v) is 2.04. The van der Waals surface area contributed by atoms with Crippen molar-refractivity contribution < 1.29 is 9.53 Å². The highest BCUT2D eigenvalue weighted by Gasteiger charge is 2.04. The lowest BCUT2D eigenvalue weighted by Crippen LogP contribution is -2.27. The fraction of sp³-hybridized carbons (Fsp3) is 0.375. The van der Waals surface area contributed by atoms with E-state index in [4.69, 9.17) is 4.74 Å². The summed E-state index contributed by atoms with van der Waals surface area (Å²) in [5.74, 6) is 0.854. The van der Waals surface area contributed by atoms with Gasteiger partial charge >= 0.3 is 0 Å². The second kappa shape index (κ2) is 7.47. The van der Waals surface area contributed by atoms with Gasteiger partial charge in [-0.2, -0.15) is 0 Å². The largest absolute Gasteiger partial charge is 0.494 e. The van der Waals surface area contributed by atoms with Crippen molar-refractivity contribution in [3.63, 3.8) is 0 Å². The Balaban J connectivity index is 1.73. The Morgan fingerprint density at radius 3 is 2.71 bits per heavy atom. The van der Waals surface area contributed by atoms with Crippen LogP contribution in [-0.4, -0.2) is 28.6 Å². The number of carbonyl (C=O) groups excluding carboxylic acids is 1. The Kier molecular flexibility index (Phi) is 5.37. The van der Waals surface area contributed by atoms with Crippen molar-refractivity contribution in [1.82, 2.24) is 14.9 Å². The number of nitrogens with one attached hydrogen (secondary N) is 1. The molecule has 0 aliphatic heterocycles. The molecule has 1 N–H and O–H groups in total. The number of hydrogen-bond donors (Lipinski definition) is 1. The van der Waals surface area contributed by atoms with Gasteiger partial charge in [0.2, 0.25) is 5.91 Å². The summed E-state index contributed by atoms with van der Waals surface area (Å²) in [6.07, 6.45) is 4.85. The first-order valence-electron chi connectivity index (χ1n) is 7.12. The van der Waals surface area contributed by atoms with Gasteiger partial charge in [0.1, 0.15) is 5.75 Å². The Hall–Kier alpha value is -2.30. The average Bonchev–Trinajstić information content (AvgIpc) is 2.87. The van der Waals surface area contributed by atoms with Crippen LogP contribution in [-0.2, 0) is 24.7 Å². The average molecular weight is 287 g/mol. The maximum Gasteiger partial charge on any atom is 0.224 e. The number of hydrogen-bond acceptors (Lipinski definition) is 3. The van der Waals surface area contributed by atoms with Crippen molar-refractivity contribution in [3.05, 3.63) is 48.0 Å². The van der Waals surface area contributed by atoms with Crippen LogP contribution in [0.15, 0.2) is 36.8 Å². The third kappa shape index (κ3) is 4.95. The monoisotopic (exact) mass is 287 g/mol. The molecule has 1 heterocycles. The van der Waals surface area contributed by atoms with Crippen LogP contribution in [0.25, 0.3) is 0 Å². The molecule has 112 valence electrons. The number of ether oxygens (including phenoxy) is 1. The van der Waals surface area contributed by atoms with Crippen LogP contribution in [0.3, 0.4) is 0 Å². The van der Waals surface area contributed by atoms with Crippen LogP contribution in [0.5, 0.6) is 5.75 Å². The maximum absolute atomic E-state index is 11.9. The van der Waals surface area contributed by atoms with Crippen LogP contribution >= 0.6 is 0 Å². The van der Waals surface area contributed by atoms with Crippen molar-refractivity contribution in [3.8, 4) is 5.75 Å². The fourth-order valence-electron chi connectivity index (χ4n) is 2.04. The lowest BCUT2D eigenvalue weighted by atomic mass is 10.1. The molecule has 2 aromatic rings. The van der Waals surface area contributed by atoms with E-state index in [1.54, 1.807) is 6.33 Å². The van der Waals surface area contributed by atoms with Gasteiger partial charge in [-0.05, 0) is 24.6 Å². The van der Waals surface area contributed by atoms with Crippen molar-refractivity contribution in [2.75, 3.05) is 13.2 Å². The van der Waals surface area contributed by atoms with E-state index in [0.29, 0.717) is 19.6 Å². The van der Waals surface area contributed by atoms with Gasteiger partial charge in [0, 0.05) is 26.2 Å². The predicted molar refractivity (Wildman–Crippen MR) is 81.2 cm³/mol. The van der Waals surface area contributed by atoms with Gasteiger partial charge in [-0.25, -0.2) is 4.98 Å². The van der Waals surface area contributed by atoms with E-state index >= 15 is 0 Å². The molecule has 0 bridgehead atoms. The van der Waals surface area contributed by atoms with Gasteiger partial charge in [0.15, 0.2) is 0 Å². The third-order valence-electron chi connectivity index (χ3n) is 3.06. The van der Waals surface area contributed by atoms with Crippen molar-refractivity contribution >= 4 is 5.91 Å². The Bertz CT molecular complexity index is 575. The van der Waals surface area contributed by atoms with E-state index < -0.39 is 0 Å². The molecule has 0 unspecified atom stereocenters. The molecule has 2 rings (SSSR count). The zero-order valence-corrected chi connectivity index (χ0v) is 12.5. The molecule has 5 heteroatoms. The first kappa shape index (κ1) is 15.1. The van der Waals surface area contributed by atoms with Crippen molar-refractivity contribution in [1.29, 1.82) is 0 Å². The molecule has 1 amide bonds. The van der Waals surface area contributed by atoms with E-state index in [1.165, 1.54) is 0 Å². The van der Waals surface area contributed by atoms with E-state index in [9.17, 15) is 4.79 Å². The zero-order valence-electron chi connectivity index (χ0n) is 12.5. The van der Waals surface area contributed by atoms with Gasteiger partial charge in [-0.15, -0.1) is 0 Å². The Morgan fingerprint density at radius 2 is 2.10 bits per heavy atom. The Labute approximate surface area is 125 Å². The number of amides is 1. The SMILES string of the molecule is CCOc1ccc(CC(=O)NCCc2cn(C)cn2)cc1. The first-order valence-corrected chi connectivity index (χ1v) is 7.12. The predicted octanol–water partition coefficient (Wildman–Crippen LogP) is 1.72. The molecular weight excluding hydrogens is 266 g/mol. The highest BCUT2D eigenvalue weighted by molar-refractivity contribution is 5.78. The molecule has 0 aliphatic carbocycles. The molecule has 1 aromatic heterocycles. The topological polar surface area (TPSA) is 56.1 Å². The molecule has 0 spiro atoms. The second-order valence-corrected chi connectivity index (χ2v) is 4.88. The summed E-state index contributed by atoms with van der Waals surface area (Å²) in [4.78, 5) is 16.1. The highest BCUT2D eigenvalue weighted by Crippen LogP contribution is 2.12. The smallest absolute Gasteiger partial charge is 0.224 e. The quantitative estimate of drug-likeness (QED) is 0.843. The minimum absolute atomic E-state index is 0.0232. The van der Waals surface area contributed by atoms with Gasteiger partial charge in [-0.3, -0.25) is 4.79 Å². The molecular formula is C16H21N3O2. The lowest BCUT2D eigenvalue weighted by molar-refractivity contribution is -0.120. The number of carbonyl (C=O) groups is 1. The number of imidazole rings is 1. The molecule has 0 saturated carbocycles. The van der Waals surface area contributed by atoms with Crippen LogP contribution in [0, 0.1) is 0 Å². The third-order valence-corrected chi connectivity index (χ3v) is 3.06. The number of aromatic nitrogens is 2. The first-order chi connectivity index (χ1) is 10.2. The Morgan fingerprint density at radius 1 is 1.33 bits per heavy atom. The van der Waals surface area contributed by atoms with E-state index in [2.05, 4.69) is 10.3 Å². The van der Waals surface area contributed by atoms with Gasteiger partial charge in [-0.1, -0.05) is 12.1 Å². The zero-order chi connectivity index (χ0) is 15.1. The van der Waals surface area contributed by atoms with Crippen LogP contribution in [0.2, 0.25) is 0 Å². The van der Waals surface area contributed by atoms with Crippen LogP contribution in [0.1, 0.15) is 18.2 Å². The van der Waals surface area contributed by atoms with Crippen LogP contribution < -0.4 is 10.1 Å². The minimum Gasteiger partial charge on any atom is -0.494 e. The second-order valence-electron chi connectivity index (χ2n) is 4.88. The summed E-state index contributed by atoms with van der Waals surface area (Å²) in [5.41, 5.74) is 1.97. The van der Waals surface area contributed by atoms with Crippen molar-refractivity contribution in [2.45, 2.75) is 19.8 Å². The standard InChI is InChI=1S/C16H21N3O2/c1-3-21-15-6-4-13(5-7-15)10-16(20)17-9-8-14-11-19(2)12-18-14/h4-7,11-12H,3,8-10H2,1-2H3,(H,17,20). The normalized spacial score (nSPS) is 10.4. The minimum atomic E-state index is 0.0232. The van der Waals surface area contributed by atoms with Crippen molar-refractivity contribution in [2.24, 2.45) is 7.05 Å². The summed E-state index contributed by atoms with van der Waals surface area (Å²) < 4.78 is 7.27. The molecule has 21 heavy (non-hydrogen) atoms. The summed E-state index contributed by atoms with van der Waals surface area (Å²) in [6.45, 7) is 3.20. The molecule has 5 nitrogen and oxygen atoms in total. The molecule has 0 atom stereocenters. The molecule has 0 fully saturated rings. The molecule has 0 saturated heterocycles. The molecule has 1 aromatic carbocycles. The van der Waals surface area contributed by atoms with Gasteiger partial charge in [0.25, 0.3) is 0 Å². The summed E-state index contributed by atoms with van der Waals surface area (Å²) in [6, 6.07) is 7.62. The number of aryl methyl sites for hydroxylation is 1. The van der Waals surface area contributed by atoms with Gasteiger partial charge < -0.3 is 14.6 Å². The highest BCUT2D eigenvalue weighted by atomic mass is 16.5. The lowest BCUT2D eigenvalue weighted by Gasteiger charge is -2.06. The molecule has 0 aliphatic rings. The number of rotatable bonds is 7. The van der Waals surface area contributed by atoms with E-state index in [0.717, 1.165) is 23.4 Å².